The fraction of sp³-hybridized carbons (Fsp3) is 0.500. The van der Waals surface area contributed by atoms with Gasteiger partial charge in [-0.05, 0) is 37.0 Å². The minimum atomic E-state index is -0.479. The Kier molecular flexibility index (Phi) is 4.42. The maximum atomic E-state index is 12.0. The van der Waals surface area contributed by atoms with Gasteiger partial charge < -0.3 is 4.74 Å². The zero-order valence-electron chi connectivity index (χ0n) is 12.3. The summed E-state index contributed by atoms with van der Waals surface area (Å²) in [7, 11) is 0. The maximum absolute atomic E-state index is 12.0. The number of hydrogen-bond donors (Lipinski definition) is 0. The molecule has 20 heavy (non-hydrogen) atoms. The maximum Gasteiger partial charge on any atom is 0.329 e. The van der Waals surface area contributed by atoms with Crippen molar-refractivity contribution in [3.63, 3.8) is 0 Å². The van der Waals surface area contributed by atoms with Gasteiger partial charge >= 0.3 is 5.97 Å². The molecule has 1 atom stereocenters. The molecule has 0 bridgehead atoms. The number of ether oxygens (including phenoxy) is 1. The molecular formula is C16H21NO3. The summed E-state index contributed by atoms with van der Waals surface area (Å²) < 4.78 is 5.05. The molecule has 108 valence electrons. The van der Waals surface area contributed by atoms with Crippen molar-refractivity contribution in [2.75, 3.05) is 11.5 Å². The van der Waals surface area contributed by atoms with E-state index in [0.717, 1.165) is 5.69 Å². The molecular weight excluding hydrogens is 254 g/mol. The number of esters is 1. The molecule has 0 aliphatic carbocycles. The second kappa shape index (κ2) is 6.07. The number of rotatable bonds is 4. The Labute approximate surface area is 119 Å². The zero-order chi connectivity index (χ0) is 14.7. The summed E-state index contributed by atoms with van der Waals surface area (Å²) in [4.78, 5) is 25.5. The highest BCUT2D eigenvalue weighted by Crippen LogP contribution is 2.28. The monoisotopic (exact) mass is 275 g/mol. The van der Waals surface area contributed by atoms with Crippen molar-refractivity contribution in [2.45, 2.75) is 45.6 Å². The van der Waals surface area contributed by atoms with E-state index in [4.69, 9.17) is 4.74 Å². The molecule has 4 heteroatoms. The van der Waals surface area contributed by atoms with Gasteiger partial charge in [0.2, 0.25) is 5.91 Å². The Morgan fingerprint density at radius 3 is 2.55 bits per heavy atom. The lowest BCUT2D eigenvalue weighted by Crippen LogP contribution is -2.39. The third-order valence-electron chi connectivity index (χ3n) is 3.61. The van der Waals surface area contributed by atoms with Crippen LogP contribution in [0.4, 0.5) is 5.69 Å². The van der Waals surface area contributed by atoms with Crippen molar-refractivity contribution in [3.8, 4) is 0 Å². The van der Waals surface area contributed by atoms with Crippen molar-refractivity contribution in [2.24, 2.45) is 0 Å². The van der Waals surface area contributed by atoms with E-state index >= 15 is 0 Å². The SMILES string of the molecule is CCOC(=O)C1CCC(=O)N1c1ccc(C(C)C)cc1. The fourth-order valence-electron chi connectivity index (χ4n) is 2.49. The first-order valence-corrected chi connectivity index (χ1v) is 7.13. The normalized spacial score (nSPS) is 18.7. The van der Waals surface area contributed by atoms with Gasteiger partial charge in [0.1, 0.15) is 6.04 Å². The molecule has 1 aromatic carbocycles. The van der Waals surface area contributed by atoms with Gasteiger partial charge in [0, 0.05) is 12.1 Å². The molecule has 1 amide bonds. The topological polar surface area (TPSA) is 46.6 Å². The average molecular weight is 275 g/mol. The first-order valence-electron chi connectivity index (χ1n) is 7.13. The van der Waals surface area contributed by atoms with E-state index in [1.165, 1.54) is 5.56 Å². The molecule has 0 radical (unpaired) electrons. The Morgan fingerprint density at radius 1 is 1.35 bits per heavy atom. The van der Waals surface area contributed by atoms with Gasteiger partial charge in [-0.2, -0.15) is 0 Å². The first-order chi connectivity index (χ1) is 9.54. The number of hydrogen-bond acceptors (Lipinski definition) is 3. The molecule has 1 saturated heterocycles. The van der Waals surface area contributed by atoms with E-state index < -0.39 is 6.04 Å². The third kappa shape index (κ3) is 2.84. The summed E-state index contributed by atoms with van der Waals surface area (Å²) in [6, 6.07) is 7.35. The molecule has 1 aromatic rings. The molecule has 0 spiro atoms. The summed E-state index contributed by atoms with van der Waals surface area (Å²) >= 11 is 0. The molecule has 4 nitrogen and oxygen atoms in total. The Hall–Kier alpha value is -1.84. The van der Waals surface area contributed by atoms with Crippen LogP contribution in [-0.2, 0) is 14.3 Å². The highest BCUT2D eigenvalue weighted by Gasteiger charge is 2.37. The standard InChI is InChI=1S/C16H21NO3/c1-4-20-16(19)14-9-10-15(18)17(14)13-7-5-12(6-8-13)11(2)3/h5-8,11,14H,4,9-10H2,1-3H3. The summed E-state index contributed by atoms with van der Waals surface area (Å²) in [5.74, 6) is 0.116. The molecule has 1 aliphatic heterocycles. The molecule has 0 saturated carbocycles. The Balaban J connectivity index is 2.23. The number of anilines is 1. The molecule has 1 aliphatic rings. The van der Waals surface area contributed by atoms with Crippen LogP contribution in [0.3, 0.4) is 0 Å². The van der Waals surface area contributed by atoms with E-state index in [9.17, 15) is 9.59 Å². The number of amides is 1. The molecule has 0 N–H and O–H groups in total. The molecule has 1 unspecified atom stereocenters. The Bertz CT molecular complexity index is 493. The third-order valence-corrected chi connectivity index (χ3v) is 3.61. The van der Waals surface area contributed by atoms with E-state index in [0.29, 0.717) is 25.4 Å². The lowest BCUT2D eigenvalue weighted by molar-refractivity contribution is -0.144. The highest BCUT2D eigenvalue weighted by molar-refractivity contribution is 6.02. The van der Waals surface area contributed by atoms with Crippen LogP contribution in [0.25, 0.3) is 0 Å². The van der Waals surface area contributed by atoms with Crippen LogP contribution >= 0.6 is 0 Å². The number of benzene rings is 1. The van der Waals surface area contributed by atoms with Crippen LogP contribution in [0.2, 0.25) is 0 Å². The van der Waals surface area contributed by atoms with Crippen LogP contribution in [-0.4, -0.2) is 24.5 Å². The average Bonchev–Trinajstić information content (AvgIpc) is 2.81. The highest BCUT2D eigenvalue weighted by atomic mass is 16.5. The van der Waals surface area contributed by atoms with Crippen LogP contribution in [0.5, 0.6) is 0 Å². The minimum Gasteiger partial charge on any atom is -0.464 e. The first kappa shape index (κ1) is 14.6. The van der Waals surface area contributed by atoms with Gasteiger partial charge in [0.05, 0.1) is 6.61 Å². The molecule has 0 aromatic heterocycles. The Morgan fingerprint density at radius 2 is 2.00 bits per heavy atom. The second-order valence-electron chi connectivity index (χ2n) is 5.32. The quantitative estimate of drug-likeness (QED) is 0.794. The van der Waals surface area contributed by atoms with Crippen molar-refractivity contribution in [1.29, 1.82) is 0 Å². The second-order valence-corrected chi connectivity index (χ2v) is 5.32. The predicted octanol–water partition coefficient (Wildman–Crippen LogP) is 2.87. The van der Waals surface area contributed by atoms with Crippen molar-refractivity contribution in [1.82, 2.24) is 0 Å². The number of carbonyl (C=O) groups is 2. The summed E-state index contributed by atoms with van der Waals surface area (Å²) in [5.41, 5.74) is 1.99. The number of carbonyl (C=O) groups excluding carboxylic acids is 2. The summed E-state index contributed by atoms with van der Waals surface area (Å²) in [6.45, 7) is 6.36. The van der Waals surface area contributed by atoms with Crippen LogP contribution < -0.4 is 4.90 Å². The summed E-state index contributed by atoms with van der Waals surface area (Å²) in [6.07, 6.45) is 0.930. The van der Waals surface area contributed by atoms with E-state index in [2.05, 4.69) is 13.8 Å². The van der Waals surface area contributed by atoms with Crippen molar-refractivity contribution in [3.05, 3.63) is 29.8 Å². The molecule has 1 fully saturated rings. The lowest BCUT2D eigenvalue weighted by Gasteiger charge is -2.23. The van der Waals surface area contributed by atoms with Gasteiger partial charge in [-0.15, -0.1) is 0 Å². The van der Waals surface area contributed by atoms with Gasteiger partial charge in [0.25, 0.3) is 0 Å². The zero-order valence-corrected chi connectivity index (χ0v) is 12.3. The van der Waals surface area contributed by atoms with Gasteiger partial charge in [-0.3, -0.25) is 9.69 Å². The summed E-state index contributed by atoms with van der Waals surface area (Å²) in [5, 5.41) is 0. The lowest BCUT2D eigenvalue weighted by atomic mass is 10.0. The molecule has 2 rings (SSSR count). The minimum absolute atomic E-state index is 0.0136. The van der Waals surface area contributed by atoms with E-state index in [1.807, 2.05) is 24.3 Å². The predicted molar refractivity (Wildman–Crippen MR) is 77.7 cm³/mol. The van der Waals surface area contributed by atoms with Crippen molar-refractivity contribution >= 4 is 17.6 Å². The van der Waals surface area contributed by atoms with Gasteiger partial charge in [-0.1, -0.05) is 26.0 Å². The number of nitrogens with zero attached hydrogens (tertiary/aromatic N) is 1. The molecule has 1 heterocycles. The van der Waals surface area contributed by atoms with Crippen LogP contribution in [0, 0.1) is 0 Å². The largest absolute Gasteiger partial charge is 0.464 e. The smallest absolute Gasteiger partial charge is 0.329 e. The van der Waals surface area contributed by atoms with E-state index in [1.54, 1.807) is 11.8 Å². The van der Waals surface area contributed by atoms with Crippen LogP contribution in [0.1, 0.15) is 45.1 Å². The van der Waals surface area contributed by atoms with E-state index in [-0.39, 0.29) is 11.9 Å². The van der Waals surface area contributed by atoms with Crippen molar-refractivity contribution < 1.29 is 14.3 Å². The van der Waals surface area contributed by atoms with Gasteiger partial charge in [-0.25, -0.2) is 4.79 Å². The van der Waals surface area contributed by atoms with Gasteiger partial charge in [0.15, 0.2) is 0 Å². The van der Waals surface area contributed by atoms with Crippen LogP contribution in [0.15, 0.2) is 24.3 Å². The fourth-order valence-corrected chi connectivity index (χ4v) is 2.49.